The SMILES string of the molecule is CCC(CNC(=NC)N1CCOC(c2cnn(C)c2)C1)Oc1ccccc1Cl. The van der Waals surface area contributed by atoms with Gasteiger partial charge in [0.25, 0.3) is 0 Å². The van der Waals surface area contributed by atoms with E-state index in [1.165, 1.54) is 0 Å². The molecule has 7 nitrogen and oxygen atoms in total. The molecule has 3 rings (SSSR count). The lowest BCUT2D eigenvalue weighted by molar-refractivity contribution is -0.00817. The molecule has 1 N–H and O–H groups in total. The molecule has 8 heteroatoms. The third-order valence-corrected chi connectivity index (χ3v) is 5.06. The molecule has 1 aromatic heterocycles. The molecule has 1 aromatic carbocycles. The van der Waals surface area contributed by atoms with Gasteiger partial charge in [0.2, 0.25) is 0 Å². The largest absolute Gasteiger partial charge is 0.487 e. The molecule has 28 heavy (non-hydrogen) atoms. The van der Waals surface area contributed by atoms with Gasteiger partial charge in [-0.25, -0.2) is 0 Å². The van der Waals surface area contributed by atoms with E-state index in [9.17, 15) is 0 Å². The van der Waals surface area contributed by atoms with Crippen molar-refractivity contribution >= 4 is 17.6 Å². The molecule has 152 valence electrons. The van der Waals surface area contributed by atoms with Crippen LogP contribution in [-0.4, -0.2) is 60.0 Å². The van der Waals surface area contributed by atoms with Gasteiger partial charge in [0.1, 0.15) is 18.0 Å². The Bertz CT molecular complexity index is 794. The molecule has 2 aromatic rings. The van der Waals surface area contributed by atoms with E-state index in [0.717, 1.165) is 31.0 Å². The minimum absolute atomic E-state index is 0.00758. The maximum absolute atomic E-state index is 6.21. The molecular weight excluding hydrogens is 378 g/mol. The van der Waals surface area contributed by atoms with Crippen LogP contribution < -0.4 is 10.1 Å². The average Bonchev–Trinajstić information content (AvgIpc) is 3.15. The molecule has 0 spiro atoms. The molecular formula is C20H28ClN5O2. The van der Waals surface area contributed by atoms with Gasteiger partial charge >= 0.3 is 0 Å². The Kier molecular flexibility index (Phi) is 7.17. The van der Waals surface area contributed by atoms with Gasteiger partial charge < -0.3 is 19.7 Å². The molecule has 0 radical (unpaired) electrons. The van der Waals surface area contributed by atoms with Crippen LogP contribution in [0.15, 0.2) is 41.7 Å². The standard InChI is InChI=1S/C20H28ClN5O2/c1-4-16(28-18-8-6-5-7-17(18)21)12-23-20(22-2)26-9-10-27-19(14-26)15-11-24-25(3)13-15/h5-8,11,13,16,19H,4,9-10,12,14H2,1-3H3,(H,22,23). The van der Waals surface area contributed by atoms with E-state index in [0.29, 0.717) is 23.9 Å². The lowest BCUT2D eigenvalue weighted by Crippen LogP contribution is -2.50. The number of hydrogen-bond acceptors (Lipinski definition) is 4. The first-order valence-corrected chi connectivity index (χ1v) is 9.95. The van der Waals surface area contributed by atoms with Gasteiger partial charge in [-0.3, -0.25) is 9.67 Å². The van der Waals surface area contributed by atoms with Gasteiger partial charge in [0.05, 0.1) is 30.9 Å². The number of nitrogens with zero attached hydrogens (tertiary/aromatic N) is 4. The smallest absolute Gasteiger partial charge is 0.193 e. The molecule has 0 saturated carbocycles. The van der Waals surface area contributed by atoms with Crippen LogP contribution in [0.5, 0.6) is 5.75 Å². The summed E-state index contributed by atoms with van der Waals surface area (Å²) in [4.78, 5) is 6.66. The maximum atomic E-state index is 6.21. The number of para-hydroxylation sites is 1. The number of guanidine groups is 1. The number of rotatable bonds is 6. The van der Waals surface area contributed by atoms with Gasteiger partial charge in [0.15, 0.2) is 5.96 Å². The normalized spacial score (nSPS) is 18.8. The summed E-state index contributed by atoms with van der Waals surface area (Å²) >= 11 is 6.21. The Hall–Kier alpha value is -2.25. The van der Waals surface area contributed by atoms with Gasteiger partial charge in [-0.05, 0) is 18.6 Å². The van der Waals surface area contributed by atoms with Crippen molar-refractivity contribution in [1.29, 1.82) is 0 Å². The van der Waals surface area contributed by atoms with Crippen molar-refractivity contribution in [3.8, 4) is 5.75 Å². The zero-order valence-electron chi connectivity index (χ0n) is 16.6. The summed E-state index contributed by atoms with van der Waals surface area (Å²) in [6.45, 7) is 4.90. The molecule has 2 atom stereocenters. The lowest BCUT2D eigenvalue weighted by atomic mass is 10.1. The number of aromatic nitrogens is 2. The van der Waals surface area contributed by atoms with E-state index >= 15 is 0 Å². The van der Waals surface area contributed by atoms with Crippen LogP contribution in [0.1, 0.15) is 25.0 Å². The number of hydrogen-bond donors (Lipinski definition) is 1. The molecule has 2 unspecified atom stereocenters. The zero-order valence-corrected chi connectivity index (χ0v) is 17.4. The third kappa shape index (κ3) is 5.17. The number of ether oxygens (including phenoxy) is 2. The predicted molar refractivity (Wildman–Crippen MR) is 111 cm³/mol. The molecule has 1 aliphatic heterocycles. The van der Waals surface area contributed by atoms with E-state index in [4.69, 9.17) is 21.1 Å². The van der Waals surface area contributed by atoms with Crippen LogP contribution in [0, 0.1) is 0 Å². The maximum Gasteiger partial charge on any atom is 0.193 e. The van der Waals surface area contributed by atoms with Crippen molar-refractivity contribution in [3.05, 3.63) is 47.2 Å². The quantitative estimate of drug-likeness (QED) is 0.591. The number of benzene rings is 1. The van der Waals surface area contributed by atoms with E-state index in [1.807, 2.05) is 43.7 Å². The fourth-order valence-electron chi connectivity index (χ4n) is 3.18. The molecule has 1 aliphatic rings. The van der Waals surface area contributed by atoms with Gasteiger partial charge in [-0.15, -0.1) is 0 Å². The van der Waals surface area contributed by atoms with Crippen LogP contribution in [-0.2, 0) is 11.8 Å². The second-order valence-electron chi connectivity index (χ2n) is 6.76. The highest BCUT2D eigenvalue weighted by Crippen LogP contribution is 2.25. The monoisotopic (exact) mass is 405 g/mol. The molecule has 0 amide bonds. The number of halogens is 1. The van der Waals surface area contributed by atoms with E-state index < -0.39 is 0 Å². The second kappa shape index (κ2) is 9.80. The Morgan fingerprint density at radius 1 is 1.46 bits per heavy atom. The number of morpholine rings is 1. The van der Waals surface area contributed by atoms with Crippen molar-refractivity contribution in [2.45, 2.75) is 25.6 Å². The van der Waals surface area contributed by atoms with Crippen molar-refractivity contribution in [1.82, 2.24) is 20.0 Å². The second-order valence-corrected chi connectivity index (χ2v) is 7.17. The van der Waals surface area contributed by atoms with Crippen molar-refractivity contribution in [3.63, 3.8) is 0 Å². The highest BCUT2D eigenvalue weighted by molar-refractivity contribution is 6.32. The van der Waals surface area contributed by atoms with Gasteiger partial charge in [-0.2, -0.15) is 5.10 Å². The van der Waals surface area contributed by atoms with E-state index in [-0.39, 0.29) is 12.2 Å². The molecule has 1 saturated heterocycles. The fourth-order valence-corrected chi connectivity index (χ4v) is 3.36. The Morgan fingerprint density at radius 3 is 2.96 bits per heavy atom. The van der Waals surface area contributed by atoms with Gasteiger partial charge in [0, 0.05) is 32.4 Å². The number of aliphatic imine (C=N–C) groups is 1. The summed E-state index contributed by atoms with van der Waals surface area (Å²) < 4.78 is 13.8. The summed E-state index contributed by atoms with van der Waals surface area (Å²) in [5.74, 6) is 1.55. The van der Waals surface area contributed by atoms with Crippen LogP contribution in [0.2, 0.25) is 5.02 Å². The fraction of sp³-hybridized carbons (Fsp3) is 0.500. The number of aryl methyl sites for hydroxylation is 1. The Morgan fingerprint density at radius 2 is 2.29 bits per heavy atom. The summed E-state index contributed by atoms with van der Waals surface area (Å²) in [7, 11) is 3.71. The third-order valence-electron chi connectivity index (χ3n) is 4.75. The van der Waals surface area contributed by atoms with Crippen LogP contribution in [0.3, 0.4) is 0 Å². The van der Waals surface area contributed by atoms with Crippen molar-refractivity contribution in [2.24, 2.45) is 12.0 Å². The van der Waals surface area contributed by atoms with Crippen molar-refractivity contribution in [2.75, 3.05) is 33.3 Å². The summed E-state index contributed by atoms with van der Waals surface area (Å²) in [5.41, 5.74) is 1.08. The van der Waals surface area contributed by atoms with Crippen molar-refractivity contribution < 1.29 is 9.47 Å². The molecule has 2 heterocycles. The van der Waals surface area contributed by atoms with Crippen LogP contribution >= 0.6 is 11.6 Å². The highest BCUT2D eigenvalue weighted by atomic mass is 35.5. The molecule has 0 aliphatic carbocycles. The summed E-state index contributed by atoms with van der Waals surface area (Å²) in [6.07, 6.45) is 4.69. The Labute approximate surface area is 171 Å². The predicted octanol–water partition coefficient (Wildman–Crippen LogP) is 2.88. The van der Waals surface area contributed by atoms with E-state index in [2.05, 4.69) is 27.2 Å². The zero-order chi connectivity index (χ0) is 19.9. The first kappa shape index (κ1) is 20.5. The molecule has 1 fully saturated rings. The Balaban J connectivity index is 1.57. The first-order valence-electron chi connectivity index (χ1n) is 9.57. The average molecular weight is 406 g/mol. The minimum Gasteiger partial charge on any atom is -0.487 e. The van der Waals surface area contributed by atoms with Crippen LogP contribution in [0.25, 0.3) is 0 Å². The first-order chi connectivity index (χ1) is 13.6. The summed E-state index contributed by atoms with van der Waals surface area (Å²) in [5, 5.41) is 8.31. The summed E-state index contributed by atoms with van der Waals surface area (Å²) in [6, 6.07) is 7.54. The lowest BCUT2D eigenvalue weighted by Gasteiger charge is -2.35. The number of nitrogens with one attached hydrogen (secondary N) is 1. The highest BCUT2D eigenvalue weighted by Gasteiger charge is 2.25. The van der Waals surface area contributed by atoms with Crippen LogP contribution in [0.4, 0.5) is 0 Å². The van der Waals surface area contributed by atoms with Gasteiger partial charge in [-0.1, -0.05) is 30.7 Å². The minimum atomic E-state index is -0.0117. The molecule has 0 bridgehead atoms. The topological polar surface area (TPSA) is 63.9 Å². The van der Waals surface area contributed by atoms with E-state index in [1.54, 1.807) is 11.7 Å².